The largest absolute Gasteiger partial charge is 0.450 e. The van der Waals surface area contributed by atoms with Crippen LogP contribution in [-0.2, 0) is 67.0 Å². The van der Waals surface area contributed by atoms with E-state index in [1.165, 1.54) is 87.7 Å². The van der Waals surface area contributed by atoms with E-state index in [9.17, 15) is 29.1 Å². The van der Waals surface area contributed by atoms with Crippen LogP contribution in [0.3, 0.4) is 0 Å². The summed E-state index contributed by atoms with van der Waals surface area (Å²) < 4.78 is 17.4. The van der Waals surface area contributed by atoms with Crippen molar-refractivity contribution >= 4 is 70.8 Å². The summed E-state index contributed by atoms with van der Waals surface area (Å²) in [5, 5.41) is 20.7. The number of amides is 10. The lowest BCUT2D eigenvalue weighted by molar-refractivity contribution is -0.157. The molecular weight excluding hydrogens is 1290 g/mol. The molecule has 3 fully saturated rings. The van der Waals surface area contributed by atoms with Gasteiger partial charge >= 0.3 is 6.09 Å². The van der Waals surface area contributed by atoms with Crippen LogP contribution in [0, 0.1) is 47.3 Å². The highest BCUT2D eigenvalue weighted by Gasteiger charge is 2.47. The molecule has 27 heteroatoms. The fraction of sp³-hybridized carbons (Fsp3) is 0.836. The second-order valence-electron chi connectivity index (χ2n) is 30.7. The van der Waals surface area contributed by atoms with Crippen LogP contribution < -0.4 is 16.0 Å². The smallest absolute Gasteiger partial charge is 0.407 e. The van der Waals surface area contributed by atoms with Crippen molar-refractivity contribution in [2.24, 2.45) is 47.3 Å². The van der Waals surface area contributed by atoms with Gasteiger partial charge in [0.05, 0.1) is 38.1 Å². The zero-order chi connectivity index (χ0) is 76.1. The van der Waals surface area contributed by atoms with Crippen molar-refractivity contribution in [2.45, 2.75) is 254 Å². The number of unbranched alkanes of at least 4 members (excludes halogenated alkanes) is 1. The van der Waals surface area contributed by atoms with Gasteiger partial charge in [-0.25, -0.2) is 4.79 Å². The number of alkyl carbamates (subject to hydrolysis) is 1. The minimum absolute atomic E-state index is 0.00711. The van der Waals surface area contributed by atoms with Gasteiger partial charge in [0, 0.05) is 99.7 Å². The number of aliphatic hydroxyl groups excluding tert-OH is 1. The van der Waals surface area contributed by atoms with Gasteiger partial charge in [-0.05, 0) is 121 Å². The SMILES string of the molecule is CC[C@@H]1NC(=O)[C@H]([C@H](O)[C@H](C)CCOC(=O)NC2CC2)N(C)C(=O)[C@H](C(C)C)N(C)C(=O)[C@H](CC(C)C)N(C)C(=O)[C@H](CC(C)C)N(C)C(=O)[C@@H](C)NC(=O)[C@H](C)CC(=O)[C@H](CC(C)C)N(C)C(=O)[C@H](C(C)C)CC(=O)[C@H]([C@@H](C)OCCCCN2CCOCC2)N(C)C(=O)[C@@H](C)N(C)C1=O. The summed E-state index contributed by atoms with van der Waals surface area (Å²) in [6.07, 6.45) is -0.483. The molecule has 1 aliphatic carbocycles. The van der Waals surface area contributed by atoms with Gasteiger partial charge in [-0.3, -0.25) is 57.6 Å². The molecule has 2 saturated heterocycles. The minimum atomic E-state index is -1.75. The van der Waals surface area contributed by atoms with Crippen LogP contribution in [0.4, 0.5) is 4.79 Å². The number of ketones is 2. The quantitative estimate of drug-likeness (QED) is 0.107. The van der Waals surface area contributed by atoms with E-state index in [0.29, 0.717) is 19.6 Å². The summed E-state index contributed by atoms with van der Waals surface area (Å²) in [5.74, 6) is -11.6. The molecule has 0 spiro atoms. The molecule has 3 rings (SSSR count). The van der Waals surface area contributed by atoms with E-state index in [1.54, 1.807) is 55.4 Å². The zero-order valence-corrected chi connectivity index (χ0v) is 64.9. The number of ether oxygens (including phenoxy) is 3. The number of likely N-dealkylation sites (N-methyl/N-ethyl adjacent to an activating group) is 7. The first-order valence-electron chi connectivity index (χ1n) is 36.7. The van der Waals surface area contributed by atoms with E-state index in [2.05, 4.69) is 20.9 Å². The van der Waals surface area contributed by atoms with Crippen molar-refractivity contribution in [3.63, 3.8) is 0 Å². The first-order chi connectivity index (χ1) is 46.6. The summed E-state index contributed by atoms with van der Waals surface area (Å²) in [5.41, 5.74) is 0. The van der Waals surface area contributed by atoms with E-state index in [-0.39, 0.29) is 82.0 Å². The monoisotopic (exact) mass is 1420 g/mol. The Labute approximate surface area is 597 Å². The molecule has 27 nitrogen and oxygen atoms in total. The van der Waals surface area contributed by atoms with Crippen molar-refractivity contribution in [3.05, 3.63) is 0 Å². The topological polar surface area (TPSA) is 315 Å². The van der Waals surface area contributed by atoms with Crippen LogP contribution in [0.1, 0.15) is 181 Å². The molecular formula is C73H129N11O16. The van der Waals surface area contributed by atoms with Gasteiger partial charge in [-0.15, -0.1) is 0 Å². The maximum Gasteiger partial charge on any atom is 0.407 e. The van der Waals surface area contributed by atoms with Crippen LogP contribution in [0.25, 0.3) is 0 Å². The predicted molar refractivity (Wildman–Crippen MR) is 381 cm³/mol. The number of hydrogen-bond donors (Lipinski definition) is 4. The first-order valence-corrected chi connectivity index (χ1v) is 36.7. The minimum Gasteiger partial charge on any atom is -0.450 e. The predicted octanol–water partition coefficient (Wildman–Crippen LogP) is 4.62. The third-order valence-electron chi connectivity index (χ3n) is 20.2. The highest BCUT2D eigenvalue weighted by atomic mass is 16.5. The Morgan fingerprint density at radius 3 is 1.58 bits per heavy atom. The maximum atomic E-state index is 15.4. The number of nitrogens with zero attached hydrogens (tertiary/aromatic N) is 8. The van der Waals surface area contributed by atoms with Crippen molar-refractivity contribution < 1.29 is 76.9 Å². The Morgan fingerprint density at radius 1 is 0.550 bits per heavy atom. The van der Waals surface area contributed by atoms with Crippen LogP contribution >= 0.6 is 0 Å². The molecule has 14 atom stereocenters. The van der Waals surface area contributed by atoms with Gasteiger partial charge in [0.2, 0.25) is 53.2 Å². The Morgan fingerprint density at radius 2 is 1.06 bits per heavy atom. The number of hydrogen-bond acceptors (Lipinski definition) is 17. The Bertz CT molecular complexity index is 2740. The van der Waals surface area contributed by atoms with Crippen LogP contribution in [0.5, 0.6) is 0 Å². The van der Waals surface area contributed by atoms with E-state index >= 15 is 33.6 Å². The molecule has 0 aromatic rings. The molecule has 100 heavy (non-hydrogen) atoms. The second kappa shape index (κ2) is 41.1. The Balaban J connectivity index is 2.31. The number of nitrogens with one attached hydrogen (secondary N) is 3. The summed E-state index contributed by atoms with van der Waals surface area (Å²) in [6, 6.07) is -11.7. The van der Waals surface area contributed by atoms with E-state index in [4.69, 9.17) is 14.2 Å². The number of rotatable bonds is 22. The van der Waals surface area contributed by atoms with Crippen LogP contribution in [-0.4, -0.2) is 283 Å². The molecule has 0 aromatic carbocycles. The number of carbonyl (C=O) groups is 12. The number of Topliss-reactive ketones (excluding diaryl/α,β-unsaturated/α-hetero) is 2. The van der Waals surface area contributed by atoms with Crippen LogP contribution in [0.15, 0.2) is 0 Å². The number of aliphatic hydroxyl groups is 1. The fourth-order valence-corrected chi connectivity index (χ4v) is 13.3. The third-order valence-corrected chi connectivity index (χ3v) is 20.2. The molecule has 0 unspecified atom stereocenters. The van der Waals surface area contributed by atoms with E-state index < -0.39 is 167 Å². The molecule has 0 bridgehead atoms. The summed E-state index contributed by atoms with van der Waals surface area (Å²) in [4.78, 5) is 188. The van der Waals surface area contributed by atoms with Crippen molar-refractivity contribution in [3.8, 4) is 0 Å². The Hall–Kier alpha value is -6.32. The van der Waals surface area contributed by atoms with Gasteiger partial charge < -0.3 is 69.6 Å². The number of morpholine rings is 1. The highest BCUT2D eigenvalue weighted by molar-refractivity contribution is 6.00. The summed E-state index contributed by atoms with van der Waals surface area (Å²) in [7, 11) is 9.94. The van der Waals surface area contributed by atoms with Crippen molar-refractivity contribution in [2.75, 3.05) is 95.4 Å². The molecule has 10 amide bonds. The lowest BCUT2D eigenvalue weighted by Crippen LogP contribution is -2.64. The molecule has 572 valence electrons. The molecule has 2 heterocycles. The molecule has 2 aliphatic heterocycles. The normalized spacial score (nSPS) is 27.5. The third kappa shape index (κ3) is 25.3. The highest BCUT2D eigenvalue weighted by Crippen LogP contribution is 2.29. The molecule has 0 radical (unpaired) electrons. The standard InChI is InChI=1S/C73H129N11O16/c1-24-54-69(93)77(17)50(15)67(91)82(22)61(51(16)99-33-26-25-30-84-31-35-98-36-32-84)59(86)41-53(45(8)9)68(92)78(18)55(37-42(2)3)58(85)40-48(13)64(88)74-49(14)66(90)79(19)56(38-43(4)5)70(94)80(20)57(39-44(6)7)71(95)81(21)60(46(10)11)72(96)83(23)62(65(89)76-54)63(87)47(12)29-34-100-73(97)75-52-27-28-52/h42-57,60-63,87H,24-41H2,1-23H3,(H,74,88)(H,75,97)(H,76,89)/t47-,48-,49-,50-,51-,53+,54+,55+,56+,57+,60+,61+,62+,63-/m1/s1. The van der Waals surface area contributed by atoms with Gasteiger partial charge in [0.1, 0.15) is 48.3 Å². The average molecular weight is 1420 g/mol. The van der Waals surface area contributed by atoms with Crippen molar-refractivity contribution in [1.82, 2.24) is 55.1 Å². The van der Waals surface area contributed by atoms with Gasteiger partial charge in [0.15, 0.2) is 11.6 Å². The zero-order valence-electron chi connectivity index (χ0n) is 64.9. The van der Waals surface area contributed by atoms with Gasteiger partial charge in [0.25, 0.3) is 0 Å². The van der Waals surface area contributed by atoms with E-state index in [0.717, 1.165) is 48.7 Å². The average Bonchev–Trinajstić information content (AvgIpc) is 0.920. The summed E-state index contributed by atoms with van der Waals surface area (Å²) in [6.45, 7) is 31.4. The maximum absolute atomic E-state index is 15.4. The molecule has 1 saturated carbocycles. The lowest BCUT2D eigenvalue weighted by Gasteiger charge is -2.41. The fourth-order valence-electron chi connectivity index (χ4n) is 13.3. The Kier molecular flexibility index (Phi) is 36.1. The molecule has 3 aliphatic rings. The van der Waals surface area contributed by atoms with Gasteiger partial charge in [-0.2, -0.15) is 0 Å². The summed E-state index contributed by atoms with van der Waals surface area (Å²) >= 11 is 0. The lowest BCUT2D eigenvalue weighted by atomic mass is 9.85. The first kappa shape index (κ1) is 87.9. The second-order valence-corrected chi connectivity index (χ2v) is 30.7. The number of carbonyl (C=O) groups excluding carboxylic acids is 12. The van der Waals surface area contributed by atoms with Gasteiger partial charge in [-0.1, -0.05) is 90.0 Å². The molecule has 0 aromatic heterocycles. The van der Waals surface area contributed by atoms with Crippen molar-refractivity contribution in [1.29, 1.82) is 0 Å². The van der Waals surface area contributed by atoms with Crippen LogP contribution in [0.2, 0.25) is 0 Å². The molecule has 4 N–H and O–H groups in total. The van der Waals surface area contributed by atoms with E-state index in [1.807, 2.05) is 41.5 Å².